The summed E-state index contributed by atoms with van der Waals surface area (Å²) in [6, 6.07) is -0.328. The number of carboxylic acids is 1. The van der Waals surface area contributed by atoms with Gasteiger partial charge in [-0.1, -0.05) is 0 Å². The first-order valence-corrected chi connectivity index (χ1v) is 6.38. The number of carbonyl (C=O) groups excluding carboxylic acids is 1. The van der Waals surface area contributed by atoms with E-state index in [0.29, 0.717) is 5.69 Å². The highest BCUT2D eigenvalue weighted by Gasteiger charge is 2.30. The Balaban J connectivity index is 3.20. The van der Waals surface area contributed by atoms with Crippen molar-refractivity contribution in [2.24, 2.45) is 0 Å². The Bertz CT molecular complexity index is 435. The number of amides is 1. The summed E-state index contributed by atoms with van der Waals surface area (Å²) in [6.45, 7) is 5.78. The molecule has 6 heteroatoms. The smallest absolute Gasteiger partial charge is 0.394 e. The highest BCUT2D eigenvalue weighted by Crippen LogP contribution is 2.31. The Morgan fingerprint density at radius 1 is 1.50 bits per heavy atom. The predicted octanol–water partition coefficient (Wildman–Crippen LogP) is 1.82. The van der Waals surface area contributed by atoms with Gasteiger partial charge in [0.1, 0.15) is 0 Å². The van der Waals surface area contributed by atoms with Crippen LogP contribution in [0.25, 0.3) is 0 Å². The lowest BCUT2D eigenvalue weighted by atomic mass is 10.2. The molecule has 5 nitrogen and oxygen atoms in total. The molecule has 1 amide bonds. The number of carbonyl (C=O) groups is 2. The van der Waals surface area contributed by atoms with Crippen LogP contribution < -0.4 is 4.90 Å². The van der Waals surface area contributed by atoms with Crippen molar-refractivity contribution in [3.05, 3.63) is 15.8 Å². The molecule has 0 bridgehead atoms. The molecular weight excluding hydrogens is 254 g/mol. The maximum atomic E-state index is 11.8. The molecule has 1 N–H and O–H groups in total. The predicted molar refractivity (Wildman–Crippen MR) is 70.3 cm³/mol. The van der Waals surface area contributed by atoms with Gasteiger partial charge in [0.25, 0.3) is 0 Å². The van der Waals surface area contributed by atoms with E-state index in [0.717, 1.165) is 10.4 Å². The van der Waals surface area contributed by atoms with Gasteiger partial charge < -0.3 is 9.84 Å². The highest BCUT2D eigenvalue weighted by molar-refractivity contribution is 7.10. The van der Waals surface area contributed by atoms with Crippen LogP contribution in [0.15, 0.2) is 5.38 Å². The number of hydrogen-bond donors (Lipinski definition) is 1. The van der Waals surface area contributed by atoms with Gasteiger partial charge >= 0.3 is 11.9 Å². The lowest BCUT2D eigenvalue weighted by Crippen LogP contribution is -2.45. The Kier molecular flexibility index (Phi) is 4.86. The van der Waals surface area contributed by atoms with Crippen LogP contribution >= 0.6 is 11.3 Å². The first kappa shape index (κ1) is 14.7. The summed E-state index contributed by atoms with van der Waals surface area (Å²) in [5.41, 5.74) is 1.58. The first-order chi connectivity index (χ1) is 8.40. The number of hydrogen-bond acceptors (Lipinski definition) is 4. The van der Waals surface area contributed by atoms with Crippen LogP contribution in [0.4, 0.5) is 5.69 Å². The molecule has 0 radical (unpaired) electrons. The number of ether oxygens (including phenoxy) is 1. The number of thiophene rings is 1. The van der Waals surface area contributed by atoms with Gasteiger partial charge in [-0.2, -0.15) is 0 Å². The summed E-state index contributed by atoms with van der Waals surface area (Å²) in [5, 5.41) is 10.8. The zero-order valence-electron chi connectivity index (χ0n) is 10.9. The van der Waals surface area contributed by atoms with Crippen LogP contribution in [0.5, 0.6) is 0 Å². The lowest BCUT2D eigenvalue weighted by Gasteiger charge is -2.28. The zero-order valence-corrected chi connectivity index (χ0v) is 11.7. The minimum atomic E-state index is -1.46. The molecule has 0 aromatic carbocycles. The van der Waals surface area contributed by atoms with Gasteiger partial charge in [0, 0.05) is 12.0 Å². The molecule has 0 spiro atoms. The van der Waals surface area contributed by atoms with Gasteiger partial charge in [-0.15, -0.1) is 11.3 Å². The minimum Gasteiger partial charge on any atom is -0.474 e. The van der Waals surface area contributed by atoms with Gasteiger partial charge in [-0.05, 0) is 31.7 Å². The van der Waals surface area contributed by atoms with Gasteiger partial charge in [0.2, 0.25) is 0 Å². The quantitative estimate of drug-likeness (QED) is 0.848. The second-order valence-corrected chi connectivity index (χ2v) is 5.19. The number of aryl methyl sites for hydroxylation is 2. The van der Waals surface area contributed by atoms with E-state index >= 15 is 0 Å². The summed E-state index contributed by atoms with van der Waals surface area (Å²) in [6.07, 6.45) is 0. The van der Waals surface area contributed by atoms with E-state index in [1.807, 2.05) is 19.2 Å². The fraction of sp³-hybridized carbons (Fsp3) is 0.500. The molecule has 1 aromatic heterocycles. The number of carboxylic acid groups (broad SMARTS) is 1. The van der Waals surface area contributed by atoms with Crippen molar-refractivity contribution in [3.63, 3.8) is 0 Å². The van der Waals surface area contributed by atoms with Crippen LogP contribution in [0.2, 0.25) is 0 Å². The second kappa shape index (κ2) is 5.97. The highest BCUT2D eigenvalue weighted by atomic mass is 32.1. The Morgan fingerprint density at radius 3 is 2.50 bits per heavy atom. The average molecular weight is 271 g/mol. The monoisotopic (exact) mass is 271 g/mol. The Labute approximate surface area is 110 Å². The zero-order chi connectivity index (χ0) is 13.9. The Hall–Kier alpha value is -1.40. The van der Waals surface area contributed by atoms with E-state index in [4.69, 9.17) is 9.84 Å². The van der Waals surface area contributed by atoms with Crippen molar-refractivity contribution in [3.8, 4) is 0 Å². The van der Waals surface area contributed by atoms with E-state index in [1.54, 1.807) is 6.92 Å². The molecule has 1 heterocycles. The lowest BCUT2D eigenvalue weighted by molar-refractivity contribution is -0.149. The van der Waals surface area contributed by atoms with Gasteiger partial charge in [0.15, 0.2) is 0 Å². The van der Waals surface area contributed by atoms with Gasteiger partial charge in [-0.3, -0.25) is 9.69 Å². The molecule has 0 saturated carbocycles. The third-order valence-corrected chi connectivity index (χ3v) is 3.63. The molecule has 0 saturated heterocycles. The van der Waals surface area contributed by atoms with Crippen molar-refractivity contribution in [1.29, 1.82) is 0 Å². The maximum absolute atomic E-state index is 11.8. The fourth-order valence-corrected chi connectivity index (χ4v) is 2.70. The average Bonchev–Trinajstić information content (AvgIpc) is 2.61. The SMILES string of the molecule is COC[C@H](C)N(C(=O)C(=O)O)c1c(C)csc1C. The maximum Gasteiger partial charge on any atom is 0.394 e. The molecule has 100 valence electrons. The van der Waals surface area contributed by atoms with Crippen LogP contribution in [-0.4, -0.2) is 36.7 Å². The molecule has 0 aliphatic carbocycles. The molecule has 1 aromatic rings. The number of nitrogens with zero attached hydrogens (tertiary/aromatic N) is 1. The van der Waals surface area contributed by atoms with E-state index in [1.165, 1.54) is 23.3 Å². The molecule has 0 aliphatic rings. The van der Waals surface area contributed by atoms with Crippen LogP contribution in [-0.2, 0) is 14.3 Å². The molecular formula is C12H17NO4S. The topological polar surface area (TPSA) is 66.8 Å². The standard InChI is InChI=1S/C12H17NO4S/c1-7-6-18-9(3)10(7)13(8(2)5-17-4)11(14)12(15)16/h6,8H,5H2,1-4H3,(H,15,16)/t8-/m0/s1. The van der Waals surface area contributed by atoms with E-state index < -0.39 is 11.9 Å². The minimum absolute atomic E-state index is 0.285. The van der Waals surface area contributed by atoms with Crippen molar-refractivity contribution in [1.82, 2.24) is 0 Å². The van der Waals surface area contributed by atoms with E-state index in [9.17, 15) is 9.59 Å². The molecule has 1 rings (SSSR count). The Morgan fingerprint density at radius 2 is 2.11 bits per heavy atom. The van der Waals surface area contributed by atoms with E-state index in [2.05, 4.69) is 0 Å². The van der Waals surface area contributed by atoms with Crippen LogP contribution in [0, 0.1) is 13.8 Å². The third kappa shape index (κ3) is 2.88. The van der Waals surface area contributed by atoms with Crippen LogP contribution in [0.1, 0.15) is 17.4 Å². The van der Waals surface area contributed by atoms with Gasteiger partial charge in [-0.25, -0.2) is 4.79 Å². The van der Waals surface area contributed by atoms with Crippen molar-refractivity contribution >= 4 is 28.9 Å². The second-order valence-electron chi connectivity index (χ2n) is 4.11. The molecule has 0 aliphatic heterocycles. The summed E-state index contributed by atoms with van der Waals surface area (Å²) < 4.78 is 5.01. The van der Waals surface area contributed by atoms with Crippen LogP contribution in [0.3, 0.4) is 0 Å². The molecule has 0 fully saturated rings. The summed E-state index contributed by atoms with van der Waals surface area (Å²) in [4.78, 5) is 25.0. The number of methoxy groups -OCH3 is 1. The summed E-state index contributed by atoms with van der Waals surface area (Å²) >= 11 is 1.50. The largest absolute Gasteiger partial charge is 0.474 e. The van der Waals surface area contributed by atoms with Crippen molar-refractivity contribution < 1.29 is 19.4 Å². The number of anilines is 1. The first-order valence-electron chi connectivity index (χ1n) is 5.50. The van der Waals surface area contributed by atoms with Crippen molar-refractivity contribution in [2.45, 2.75) is 26.8 Å². The summed E-state index contributed by atoms with van der Waals surface area (Å²) in [7, 11) is 1.52. The molecule has 1 atom stereocenters. The van der Waals surface area contributed by atoms with Gasteiger partial charge in [0.05, 0.1) is 18.3 Å². The third-order valence-electron chi connectivity index (χ3n) is 2.61. The normalized spacial score (nSPS) is 12.2. The molecule has 0 unspecified atom stereocenters. The number of aliphatic carboxylic acids is 1. The number of rotatable bonds is 4. The van der Waals surface area contributed by atoms with E-state index in [-0.39, 0.29) is 12.6 Å². The fourth-order valence-electron chi connectivity index (χ4n) is 1.87. The molecule has 18 heavy (non-hydrogen) atoms. The summed E-state index contributed by atoms with van der Waals surface area (Å²) in [5.74, 6) is -2.38. The van der Waals surface area contributed by atoms with Crippen molar-refractivity contribution in [2.75, 3.05) is 18.6 Å².